The second kappa shape index (κ2) is 9.16. The van der Waals surface area contributed by atoms with Crippen molar-refractivity contribution in [3.8, 4) is 17.6 Å². The molecule has 0 heterocycles. The standard InChI is InChI=1S/C22H19F4NO3/c1-12-2-4-13(5-3-12)11-29-14-6-19(25)21(20(26)7-14)22(28)30-15-8-17(23)16(10-27)18(24)9-15/h6-9,12-13H,2-5,11H2,1H3. The van der Waals surface area contributed by atoms with Gasteiger partial charge < -0.3 is 9.47 Å². The Balaban J connectivity index is 1.70. The van der Waals surface area contributed by atoms with Crippen LogP contribution in [0.3, 0.4) is 0 Å². The van der Waals surface area contributed by atoms with Gasteiger partial charge in [0, 0.05) is 24.3 Å². The number of hydrogen-bond acceptors (Lipinski definition) is 4. The second-order valence-electron chi connectivity index (χ2n) is 7.46. The highest BCUT2D eigenvalue weighted by atomic mass is 19.1. The van der Waals surface area contributed by atoms with Crippen molar-refractivity contribution in [2.45, 2.75) is 32.6 Å². The van der Waals surface area contributed by atoms with Crippen LogP contribution in [0.5, 0.6) is 11.5 Å². The van der Waals surface area contributed by atoms with Crippen LogP contribution in [0.2, 0.25) is 0 Å². The maximum absolute atomic E-state index is 14.3. The highest BCUT2D eigenvalue weighted by molar-refractivity contribution is 5.91. The first-order valence-electron chi connectivity index (χ1n) is 9.51. The van der Waals surface area contributed by atoms with Gasteiger partial charge in [-0.3, -0.25) is 0 Å². The lowest BCUT2D eigenvalue weighted by Crippen LogP contribution is -2.19. The molecule has 0 amide bonds. The Bertz CT molecular complexity index is 948. The number of carbonyl (C=O) groups excluding carboxylic acids is 1. The monoisotopic (exact) mass is 421 g/mol. The van der Waals surface area contributed by atoms with Crippen LogP contribution in [0.4, 0.5) is 17.6 Å². The van der Waals surface area contributed by atoms with E-state index in [9.17, 15) is 22.4 Å². The average Bonchev–Trinajstić information content (AvgIpc) is 2.67. The summed E-state index contributed by atoms with van der Waals surface area (Å²) in [7, 11) is 0. The normalized spacial score (nSPS) is 18.5. The average molecular weight is 421 g/mol. The van der Waals surface area contributed by atoms with Crippen LogP contribution in [0.25, 0.3) is 0 Å². The summed E-state index contributed by atoms with van der Waals surface area (Å²) in [6, 6.07) is 4.21. The molecule has 1 aliphatic rings. The van der Waals surface area contributed by atoms with Crippen molar-refractivity contribution >= 4 is 5.97 Å². The zero-order chi connectivity index (χ0) is 21.8. The van der Waals surface area contributed by atoms with Crippen LogP contribution in [-0.4, -0.2) is 12.6 Å². The molecule has 8 heteroatoms. The highest BCUT2D eigenvalue weighted by Crippen LogP contribution is 2.30. The zero-order valence-electron chi connectivity index (χ0n) is 16.2. The first-order chi connectivity index (χ1) is 14.3. The number of benzene rings is 2. The largest absolute Gasteiger partial charge is 0.493 e. The SMILES string of the molecule is CC1CCC(COc2cc(F)c(C(=O)Oc3cc(F)c(C#N)c(F)c3)c(F)c2)CC1. The summed E-state index contributed by atoms with van der Waals surface area (Å²) in [4.78, 5) is 12.1. The topological polar surface area (TPSA) is 59.3 Å². The first-order valence-corrected chi connectivity index (χ1v) is 9.51. The Morgan fingerprint density at radius 2 is 1.50 bits per heavy atom. The van der Waals surface area contributed by atoms with Gasteiger partial charge in [-0.25, -0.2) is 22.4 Å². The van der Waals surface area contributed by atoms with Crippen molar-refractivity contribution in [1.29, 1.82) is 5.26 Å². The lowest BCUT2D eigenvalue weighted by atomic mass is 9.83. The number of rotatable bonds is 5. The third-order valence-corrected chi connectivity index (χ3v) is 5.18. The van der Waals surface area contributed by atoms with Gasteiger partial charge in [0.05, 0.1) is 6.61 Å². The number of halogens is 4. The molecular formula is C22H19F4NO3. The number of nitriles is 1. The molecule has 2 aromatic carbocycles. The minimum absolute atomic E-state index is 0.0596. The lowest BCUT2D eigenvalue weighted by molar-refractivity contribution is 0.0723. The third-order valence-electron chi connectivity index (χ3n) is 5.18. The summed E-state index contributed by atoms with van der Waals surface area (Å²) < 4.78 is 66.1. The van der Waals surface area contributed by atoms with Crippen molar-refractivity contribution in [3.05, 3.63) is 58.7 Å². The molecule has 0 aliphatic heterocycles. The van der Waals surface area contributed by atoms with E-state index >= 15 is 0 Å². The predicted molar refractivity (Wildman–Crippen MR) is 99.0 cm³/mol. The number of esters is 1. The fourth-order valence-electron chi connectivity index (χ4n) is 3.41. The maximum atomic E-state index is 14.3. The van der Waals surface area contributed by atoms with E-state index in [1.807, 2.05) is 0 Å². The molecule has 0 unspecified atom stereocenters. The summed E-state index contributed by atoms with van der Waals surface area (Å²) in [5.74, 6) is -6.15. The molecule has 0 N–H and O–H groups in total. The second-order valence-corrected chi connectivity index (χ2v) is 7.46. The summed E-state index contributed by atoms with van der Waals surface area (Å²) >= 11 is 0. The minimum Gasteiger partial charge on any atom is -0.493 e. The zero-order valence-corrected chi connectivity index (χ0v) is 16.2. The van der Waals surface area contributed by atoms with E-state index < -0.39 is 46.1 Å². The molecular weight excluding hydrogens is 402 g/mol. The number of hydrogen-bond donors (Lipinski definition) is 0. The first kappa shape index (κ1) is 21.6. The van der Waals surface area contributed by atoms with E-state index in [1.54, 1.807) is 0 Å². The molecule has 2 aromatic rings. The van der Waals surface area contributed by atoms with E-state index in [0.29, 0.717) is 30.6 Å². The molecule has 4 nitrogen and oxygen atoms in total. The molecule has 0 atom stereocenters. The summed E-state index contributed by atoms with van der Waals surface area (Å²) in [5.41, 5.74) is -1.87. The molecule has 158 valence electrons. The molecule has 0 aromatic heterocycles. The third kappa shape index (κ3) is 4.90. The smallest absolute Gasteiger partial charge is 0.349 e. The van der Waals surface area contributed by atoms with E-state index in [-0.39, 0.29) is 5.75 Å². The molecule has 3 rings (SSSR count). The van der Waals surface area contributed by atoms with Crippen LogP contribution in [-0.2, 0) is 0 Å². The van der Waals surface area contributed by atoms with Gasteiger partial charge in [-0.15, -0.1) is 0 Å². The van der Waals surface area contributed by atoms with E-state index in [1.165, 1.54) is 6.07 Å². The molecule has 1 fully saturated rings. The van der Waals surface area contributed by atoms with Crippen LogP contribution < -0.4 is 9.47 Å². The van der Waals surface area contributed by atoms with Gasteiger partial charge in [-0.1, -0.05) is 19.8 Å². The Kier molecular flexibility index (Phi) is 6.60. The van der Waals surface area contributed by atoms with Crippen LogP contribution in [0.1, 0.15) is 48.5 Å². The van der Waals surface area contributed by atoms with Gasteiger partial charge in [0.15, 0.2) is 0 Å². The molecule has 0 bridgehead atoms. The Hall–Kier alpha value is -3.08. The quantitative estimate of drug-likeness (QED) is 0.361. The summed E-state index contributed by atoms with van der Waals surface area (Å²) in [6.45, 7) is 2.50. The van der Waals surface area contributed by atoms with E-state index in [2.05, 4.69) is 11.7 Å². The van der Waals surface area contributed by atoms with Crippen molar-refractivity contribution < 1.29 is 31.8 Å². The molecule has 30 heavy (non-hydrogen) atoms. The summed E-state index contributed by atoms with van der Waals surface area (Å²) in [5, 5.41) is 8.64. The molecule has 0 saturated heterocycles. The van der Waals surface area contributed by atoms with Gasteiger partial charge in [0.2, 0.25) is 0 Å². The van der Waals surface area contributed by atoms with Crippen LogP contribution >= 0.6 is 0 Å². The van der Waals surface area contributed by atoms with Gasteiger partial charge in [-0.05, 0) is 24.7 Å². The Labute approximate surface area is 171 Å². The fourth-order valence-corrected chi connectivity index (χ4v) is 3.41. The van der Waals surface area contributed by atoms with Crippen molar-refractivity contribution in [2.24, 2.45) is 11.8 Å². The fraction of sp³-hybridized carbons (Fsp3) is 0.364. The van der Waals surface area contributed by atoms with Gasteiger partial charge in [0.1, 0.15) is 52.0 Å². The van der Waals surface area contributed by atoms with Gasteiger partial charge in [-0.2, -0.15) is 5.26 Å². The van der Waals surface area contributed by atoms with Gasteiger partial charge in [0.25, 0.3) is 0 Å². The lowest BCUT2D eigenvalue weighted by Gasteiger charge is -2.26. The van der Waals surface area contributed by atoms with Crippen molar-refractivity contribution in [1.82, 2.24) is 0 Å². The van der Waals surface area contributed by atoms with Crippen molar-refractivity contribution in [2.75, 3.05) is 6.61 Å². The van der Waals surface area contributed by atoms with Crippen molar-refractivity contribution in [3.63, 3.8) is 0 Å². The predicted octanol–water partition coefficient (Wildman–Crippen LogP) is 5.54. The van der Waals surface area contributed by atoms with Gasteiger partial charge >= 0.3 is 5.97 Å². The maximum Gasteiger partial charge on any atom is 0.349 e. The molecule has 1 saturated carbocycles. The number of ether oxygens (including phenoxy) is 2. The molecule has 0 spiro atoms. The van der Waals surface area contributed by atoms with Crippen LogP contribution in [0, 0.1) is 46.4 Å². The highest BCUT2D eigenvalue weighted by Gasteiger charge is 2.24. The number of nitrogens with zero attached hydrogens (tertiary/aromatic N) is 1. The Morgan fingerprint density at radius 1 is 0.967 bits per heavy atom. The minimum atomic E-state index is -1.47. The van der Waals surface area contributed by atoms with E-state index in [4.69, 9.17) is 10.00 Å². The van der Waals surface area contributed by atoms with E-state index in [0.717, 1.165) is 37.8 Å². The molecule has 1 aliphatic carbocycles. The Morgan fingerprint density at radius 3 is 2.03 bits per heavy atom. The van der Waals surface area contributed by atoms with Crippen LogP contribution in [0.15, 0.2) is 24.3 Å². The number of carbonyl (C=O) groups is 1. The summed E-state index contributed by atoms with van der Waals surface area (Å²) in [6.07, 6.45) is 4.12. The molecule has 0 radical (unpaired) electrons.